The lowest BCUT2D eigenvalue weighted by Crippen LogP contribution is -2.35. The van der Waals surface area contributed by atoms with Crippen LogP contribution in [0.1, 0.15) is 47.4 Å². The van der Waals surface area contributed by atoms with Gasteiger partial charge in [0.2, 0.25) is 5.91 Å². The van der Waals surface area contributed by atoms with Crippen LogP contribution in [-0.4, -0.2) is 39.4 Å². The van der Waals surface area contributed by atoms with E-state index in [1.165, 1.54) is 12.8 Å². The van der Waals surface area contributed by atoms with Crippen molar-refractivity contribution in [3.63, 3.8) is 0 Å². The smallest absolute Gasteiger partial charge is 0.251 e. The summed E-state index contributed by atoms with van der Waals surface area (Å²) in [6, 6.07) is 15.3. The second-order valence-corrected chi connectivity index (χ2v) is 7.95. The number of amides is 2. The van der Waals surface area contributed by atoms with Gasteiger partial charge in [-0.1, -0.05) is 42.7 Å². The Kier molecular flexibility index (Phi) is 6.12. The van der Waals surface area contributed by atoms with Crippen molar-refractivity contribution in [2.75, 3.05) is 13.1 Å². The Labute approximate surface area is 176 Å². The van der Waals surface area contributed by atoms with Crippen LogP contribution < -0.4 is 5.32 Å². The Morgan fingerprint density at radius 2 is 1.67 bits per heavy atom. The molecule has 4 rings (SSSR count). The quantitative estimate of drug-likeness (QED) is 0.705. The predicted molar refractivity (Wildman–Crippen MR) is 117 cm³/mol. The zero-order valence-corrected chi connectivity index (χ0v) is 17.4. The van der Waals surface area contributed by atoms with Gasteiger partial charge in [-0.2, -0.15) is 0 Å². The van der Waals surface area contributed by atoms with Crippen LogP contribution in [0, 0.1) is 6.92 Å². The number of fused-ring (bicyclic) bond motifs is 1. The second kappa shape index (κ2) is 9.11. The maximum absolute atomic E-state index is 13.0. The van der Waals surface area contributed by atoms with Crippen LogP contribution in [0.3, 0.4) is 0 Å². The van der Waals surface area contributed by atoms with Crippen LogP contribution in [0.2, 0.25) is 0 Å². The third-order valence-electron chi connectivity index (χ3n) is 5.71. The molecule has 3 aromatic rings. The fourth-order valence-corrected chi connectivity index (χ4v) is 3.96. The molecule has 2 aromatic carbocycles. The van der Waals surface area contributed by atoms with E-state index in [0.29, 0.717) is 11.4 Å². The van der Waals surface area contributed by atoms with Crippen LogP contribution >= 0.6 is 0 Å². The number of nitrogens with zero attached hydrogens (tertiary/aromatic N) is 3. The molecule has 0 aliphatic carbocycles. The molecule has 6 nitrogen and oxygen atoms in total. The van der Waals surface area contributed by atoms with E-state index in [0.717, 1.165) is 42.5 Å². The number of rotatable bonds is 5. The van der Waals surface area contributed by atoms with Gasteiger partial charge in [-0.15, -0.1) is 0 Å². The largest absolute Gasteiger partial charge is 0.345 e. The van der Waals surface area contributed by atoms with Gasteiger partial charge >= 0.3 is 0 Å². The summed E-state index contributed by atoms with van der Waals surface area (Å²) in [6.07, 6.45) is 4.51. The topological polar surface area (TPSA) is 67.2 Å². The number of carbonyl (C=O) groups excluding carboxylic acids is 2. The lowest BCUT2D eigenvalue weighted by atomic mass is 10.1. The maximum atomic E-state index is 13.0. The van der Waals surface area contributed by atoms with Crippen molar-refractivity contribution in [3.05, 3.63) is 65.5 Å². The molecule has 0 bridgehead atoms. The zero-order valence-electron chi connectivity index (χ0n) is 17.4. The highest BCUT2D eigenvalue weighted by Gasteiger charge is 2.19. The number of imidazole rings is 1. The summed E-state index contributed by atoms with van der Waals surface area (Å²) in [5, 5.41) is 2.95. The summed E-state index contributed by atoms with van der Waals surface area (Å²) in [4.78, 5) is 32.2. The van der Waals surface area contributed by atoms with E-state index in [9.17, 15) is 9.59 Å². The molecular formula is C24H28N4O2. The number of hydrogen-bond acceptors (Lipinski definition) is 3. The van der Waals surface area contributed by atoms with Gasteiger partial charge in [-0.05, 0) is 44.0 Å². The summed E-state index contributed by atoms with van der Waals surface area (Å²) >= 11 is 0. The van der Waals surface area contributed by atoms with Crippen molar-refractivity contribution < 1.29 is 9.59 Å². The molecule has 0 atom stereocenters. The van der Waals surface area contributed by atoms with Gasteiger partial charge in [0.1, 0.15) is 12.4 Å². The molecule has 156 valence electrons. The average Bonchev–Trinajstić information content (AvgIpc) is 2.92. The van der Waals surface area contributed by atoms with Crippen molar-refractivity contribution in [3.8, 4) is 0 Å². The molecule has 1 aliphatic rings. The van der Waals surface area contributed by atoms with Gasteiger partial charge in [0.05, 0.1) is 17.6 Å². The number of aryl methyl sites for hydroxylation is 1. The van der Waals surface area contributed by atoms with Crippen LogP contribution in [-0.2, 0) is 17.9 Å². The second-order valence-electron chi connectivity index (χ2n) is 7.95. The molecule has 1 aromatic heterocycles. The van der Waals surface area contributed by atoms with Crippen LogP contribution in [0.5, 0.6) is 0 Å². The first kappa shape index (κ1) is 20.1. The van der Waals surface area contributed by atoms with Gasteiger partial charge in [0, 0.05) is 18.7 Å². The monoisotopic (exact) mass is 404 g/mol. The molecule has 0 unspecified atom stereocenters. The molecule has 0 spiro atoms. The van der Waals surface area contributed by atoms with Crippen molar-refractivity contribution >= 4 is 22.8 Å². The minimum atomic E-state index is -0.146. The fourth-order valence-electron chi connectivity index (χ4n) is 3.96. The van der Waals surface area contributed by atoms with Crippen molar-refractivity contribution in [2.45, 2.75) is 45.7 Å². The number of hydrogen-bond donors (Lipinski definition) is 1. The van der Waals surface area contributed by atoms with E-state index in [1.807, 2.05) is 64.9 Å². The molecule has 0 saturated carbocycles. The molecule has 1 fully saturated rings. The first-order chi connectivity index (χ1) is 14.6. The van der Waals surface area contributed by atoms with Gasteiger partial charge < -0.3 is 14.8 Å². The lowest BCUT2D eigenvalue weighted by Gasteiger charge is -2.21. The van der Waals surface area contributed by atoms with Crippen molar-refractivity contribution in [2.24, 2.45) is 0 Å². The van der Waals surface area contributed by atoms with Crippen LogP contribution in [0.25, 0.3) is 11.0 Å². The number of para-hydroxylation sites is 2. The Balaban J connectivity index is 1.53. The van der Waals surface area contributed by atoms with Gasteiger partial charge in [-0.25, -0.2) is 4.98 Å². The summed E-state index contributed by atoms with van der Waals surface area (Å²) < 4.78 is 1.94. The van der Waals surface area contributed by atoms with E-state index in [1.54, 1.807) is 0 Å². The van der Waals surface area contributed by atoms with E-state index in [2.05, 4.69) is 10.3 Å². The van der Waals surface area contributed by atoms with E-state index < -0.39 is 0 Å². The van der Waals surface area contributed by atoms with Gasteiger partial charge in [-0.3, -0.25) is 9.59 Å². The van der Waals surface area contributed by atoms with E-state index in [4.69, 9.17) is 0 Å². The third kappa shape index (κ3) is 4.53. The Morgan fingerprint density at radius 1 is 0.967 bits per heavy atom. The molecule has 1 aliphatic heterocycles. The molecule has 6 heteroatoms. The number of carbonyl (C=O) groups is 2. The molecule has 30 heavy (non-hydrogen) atoms. The standard InChI is InChI=1S/C24H28N4O2/c1-18-10-12-19(13-11-18)24(30)25-16-22-26-20-8-4-5-9-21(20)28(22)17-23(29)27-14-6-2-3-7-15-27/h4-5,8-13H,2-3,6-7,14-17H2,1H3,(H,25,30). The van der Waals surface area contributed by atoms with Crippen molar-refractivity contribution in [1.82, 2.24) is 19.8 Å². The highest BCUT2D eigenvalue weighted by molar-refractivity contribution is 5.94. The summed E-state index contributed by atoms with van der Waals surface area (Å²) in [6.45, 7) is 4.16. The summed E-state index contributed by atoms with van der Waals surface area (Å²) in [7, 11) is 0. The first-order valence-corrected chi connectivity index (χ1v) is 10.7. The highest BCUT2D eigenvalue weighted by Crippen LogP contribution is 2.18. The summed E-state index contributed by atoms with van der Waals surface area (Å²) in [5.41, 5.74) is 3.48. The Morgan fingerprint density at radius 3 is 2.40 bits per heavy atom. The molecular weight excluding hydrogens is 376 g/mol. The number of aromatic nitrogens is 2. The minimum Gasteiger partial charge on any atom is -0.345 e. The van der Waals surface area contributed by atoms with E-state index in [-0.39, 0.29) is 24.9 Å². The Bertz CT molecular complexity index is 1030. The average molecular weight is 405 g/mol. The molecule has 2 amide bonds. The normalized spacial score (nSPS) is 14.5. The predicted octanol–water partition coefficient (Wildman–Crippen LogP) is 3.68. The molecule has 2 heterocycles. The van der Waals surface area contributed by atoms with Crippen LogP contribution in [0.15, 0.2) is 48.5 Å². The molecule has 1 saturated heterocycles. The summed E-state index contributed by atoms with van der Waals surface area (Å²) in [5.74, 6) is 0.665. The van der Waals surface area contributed by atoms with Crippen molar-refractivity contribution in [1.29, 1.82) is 0 Å². The van der Waals surface area contributed by atoms with Gasteiger partial charge in [0.25, 0.3) is 5.91 Å². The zero-order chi connectivity index (χ0) is 20.9. The van der Waals surface area contributed by atoms with Gasteiger partial charge in [0.15, 0.2) is 0 Å². The first-order valence-electron chi connectivity index (χ1n) is 10.7. The maximum Gasteiger partial charge on any atom is 0.251 e. The molecule has 0 radical (unpaired) electrons. The molecule has 1 N–H and O–H groups in total. The third-order valence-corrected chi connectivity index (χ3v) is 5.71. The Hall–Kier alpha value is -3.15. The highest BCUT2D eigenvalue weighted by atomic mass is 16.2. The fraction of sp³-hybridized carbons (Fsp3) is 0.375. The van der Waals surface area contributed by atoms with Crippen LogP contribution in [0.4, 0.5) is 0 Å². The SMILES string of the molecule is Cc1ccc(C(=O)NCc2nc3ccccc3n2CC(=O)N2CCCCCC2)cc1. The number of likely N-dealkylation sites (tertiary alicyclic amines) is 1. The van der Waals surface area contributed by atoms with E-state index >= 15 is 0 Å². The number of nitrogens with one attached hydrogen (secondary N) is 1. The minimum absolute atomic E-state index is 0.117. The lowest BCUT2D eigenvalue weighted by molar-refractivity contribution is -0.131. The number of benzene rings is 2.